The first-order chi connectivity index (χ1) is 10.1. The van der Waals surface area contributed by atoms with Gasteiger partial charge in [0.2, 0.25) is 11.8 Å². The van der Waals surface area contributed by atoms with Crippen molar-refractivity contribution < 1.29 is 9.59 Å². The maximum Gasteiger partial charge on any atom is 0.246 e. The summed E-state index contributed by atoms with van der Waals surface area (Å²) in [6.45, 7) is 3.89. The van der Waals surface area contributed by atoms with Crippen LogP contribution in [-0.2, 0) is 16.1 Å². The number of hydrogen-bond acceptors (Lipinski definition) is 5. The van der Waals surface area contributed by atoms with E-state index in [1.54, 1.807) is 17.0 Å². The fraction of sp³-hybridized carbons (Fsp3) is 0.400. The first-order valence-corrected chi connectivity index (χ1v) is 6.95. The number of piperazine rings is 1. The van der Waals surface area contributed by atoms with Gasteiger partial charge in [-0.15, -0.1) is 0 Å². The second-order valence-corrected chi connectivity index (χ2v) is 4.97. The van der Waals surface area contributed by atoms with Crippen LogP contribution in [0.2, 0.25) is 0 Å². The number of carbonyl (C=O) groups excluding carboxylic acids is 2. The van der Waals surface area contributed by atoms with Gasteiger partial charge in [0.05, 0.1) is 24.3 Å². The summed E-state index contributed by atoms with van der Waals surface area (Å²) in [6.07, 6.45) is 1.05. The fourth-order valence-corrected chi connectivity index (χ4v) is 2.28. The van der Waals surface area contributed by atoms with Crippen molar-refractivity contribution in [3.05, 3.63) is 29.3 Å². The van der Waals surface area contributed by atoms with Crippen LogP contribution in [0.3, 0.4) is 0 Å². The number of nitrogens with one attached hydrogen (secondary N) is 2. The molecule has 1 heterocycles. The van der Waals surface area contributed by atoms with Crippen molar-refractivity contribution in [2.45, 2.75) is 19.9 Å². The van der Waals surface area contributed by atoms with Crippen LogP contribution in [-0.4, -0.2) is 31.4 Å². The molecule has 1 aromatic carbocycles. The lowest BCUT2D eigenvalue weighted by Gasteiger charge is -2.28. The Balaban J connectivity index is 2.18. The summed E-state index contributed by atoms with van der Waals surface area (Å²) in [5.41, 5.74) is 2.12. The number of benzene rings is 1. The van der Waals surface area contributed by atoms with Crippen LogP contribution in [0.25, 0.3) is 0 Å². The average molecular weight is 286 g/mol. The highest BCUT2D eigenvalue weighted by Crippen LogP contribution is 2.22. The van der Waals surface area contributed by atoms with Gasteiger partial charge in [0.25, 0.3) is 0 Å². The van der Waals surface area contributed by atoms with Gasteiger partial charge in [-0.2, -0.15) is 5.26 Å². The predicted octanol–water partition coefficient (Wildman–Crippen LogP) is 0.521. The molecule has 1 aliphatic rings. The smallest absolute Gasteiger partial charge is 0.246 e. The fourth-order valence-electron chi connectivity index (χ4n) is 2.28. The highest BCUT2D eigenvalue weighted by molar-refractivity contribution is 6.02. The Kier molecular flexibility index (Phi) is 4.90. The molecule has 1 aromatic rings. The zero-order chi connectivity index (χ0) is 15.2. The molecule has 0 aliphatic carbocycles. The Morgan fingerprint density at radius 2 is 2.05 bits per heavy atom. The van der Waals surface area contributed by atoms with Gasteiger partial charge in [0, 0.05) is 6.54 Å². The van der Waals surface area contributed by atoms with Gasteiger partial charge in [0.15, 0.2) is 0 Å². The zero-order valence-electron chi connectivity index (χ0n) is 12.0. The highest BCUT2D eigenvalue weighted by Gasteiger charge is 2.24. The summed E-state index contributed by atoms with van der Waals surface area (Å²) in [5, 5.41) is 14.8. The monoisotopic (exact) mass is 286 g/mol. The number of carbonyl (C=O) groups is 2. The van der Waals surface area contributed by atoms with Gasteiger partial charge in [-0.1, -0.05) is 13.0 Å². The number of hydrogen-bond donors (Lipinski definition) is 2. The highest BCUT2D eigenvalue weighted by atomic mass is 16.2. The maximum absolute atomic E-state index is 11.4. The van der Waals surface area contributed by atoms with Crippen LogP contribution in [0.4, 0.5) is 5.69 Å². The molecular formula is C15H18N4O2. The molecule has 0 atom stereocenters. The molecular weight excluding hydrogens is 268 g/mol. The minimum atomic E-state index is -0.344. The van der Waals surface area contributed by atoms with Gasteiger partial charge in [-0.3, -0.25) is 14.9 Å². The molecule has 0 aromatic heterocycles. The van der Waals surface area contributed by atoms with Crippen molar-refractivity contribution in [1.29, 1.82) is 5.26 Å². The van der Waals surface area contributed by atoms with Crippen molar-refractivity contribution in [1.82, 2.24) is 10.6 Å². The quantitative estimate of drug-likeness (QED) is 0.609. The number of anilines is 1. The minimum Gasteiger partial charge on any atom is -0.352 e. The lowest BCUT2D eigenvalue weighted by molar-refractivity contribution is -0.130. The summed E-state index contributed by atoms with van der Waals surface area (Å²) in [5.74, 6) is -0.687. The van der Waals surface area contributed by atoms with E-state index >= 15 is 0 Å². The predicted molar refractivity (Wildman–Crippen MR) is 78.5 cm³/mol. The lowest BCUT2D eigenvalue weighted by Crippen LogP contribution is -2.51. The third-order valence-corrected chi connectivity index (χ3v) is 3.23. The van der Waals surface area contributed by atoms with Crippen LogP contribution in [0.1, 0.15) is 24.5 Å². The van der Waals surface area contributed by atoms with Crippen molar-refractivity contribution in [3.8, 4) is 6.07 Å². The molecule has 2 amide bonds. The molecule has 21 heavy (non-hydrogen) atoms. The summed E-state index contributed by atoms with van der Waals surface area (Å²) < 4.78 is 0. The molecule has 2 N–H and O–H groups in total. The Bertz CT molecular complexity index is 576. The summed E-state index contributed by atoms with van der Waals surface area (Å²) in [6, 6.07) is 7.65. The second kappa shape index (κ2) is 6.86. The van der Waals surface area contributed by atoms with Gasteiger partial charge in [-0.05, 0) is 30.7 Å². The first kappa shape index (κ1) is 15.0. The summed E-state index contributed by atoms with van der Waals surface area (Å²) in [4.78, 5) is 24.5. The van der Waals surface area contributed by atoms with Gasteiger partial charge >= 0.3 is 0 Å². The van der Waals surface area contributed by atoms with E-state index in [2.05, 4.69) is 23.6 Å². The van der Waals surface area contributed by atoms with Crippen molar-refractivity contribution >= 4 is 17.5 Å². The number of nitriles is 1. The summed E-state index contributed by atoms with van der Waals surface area (Å²) in [7, 11) is 0. The average Bonchev–Trinajstić information content (AvgIpc) is 2.46. The van der Waals surface area contributed by atoms with Gasteiger partial charge in [-0.25, -0.2) is 0 Å². The number of amides is 2. The molecule has 0 radical (unpaired) electrons. The number of nitrogens with zero attached hydrogens (tertiary/aromatic N) is 2. The van der Waals surface area contributed by atoms with Gasteiger partial charge in [0.1, 0.15) is 6.07 Å². The molecule has 0 unspecified atom stereocenters. The van der Waals surface area contributed by atoms with E-state index in [0.717, 1.165) is 18.5 Å². The van der Waals surface area contributed by atoms with Crippen molar-refractivity contribution in [2.75, 3.05) is 24.5 Å². The molecule has 2 rings (SSSR count). The molecule has 1 saturated heterocycles. The van der Waals surface area contributed by atoms with E-state index < -0.39 is 0 Å². The SMILES string of the molecule is CCCNCc1ccc(N2CC(=O)NC(=O)C2)c(C#N)c1. The van der Waals surface area contributed by atoms with Crippen molar-refractivity contribution in [2.24, 2.45) is 0 Å². The van der Waals surface area contributed by atoms with Crippen LogP contribution >= 0.6 is 0 Å². The van der Waals surface area contributed by atoms with E-state index in [1.165, 1.54) is 0 Å². The molecule has 6 nitrogen and oxygen atoms in total. The Labute approximate surface area is 123 Å². The van der Waals surface area contributed by atoms with E-state index in [4.69, 9.17) is 0 Å². The molecule has 6 heteroatoms. The molecule has 110 valence electrons. The molecule has 0 spiro atoms. The minimum absolute atomic E-state index is 0.0911. The van der Waals surface area contributed by atoms with Crippen LogP contribution < -0.4 is 15.5 Å². The van der Waals surface area contributed by atoms with Crippen molar-refractivity contribution in [3.63, 3.8) is 0 Å². The van der Waals surface area contributed by atoms with Crippen LogP contribution in [0.15, 0.2) is 18.2 Å². The summed E-state index contributed by atoms with van der Waals surface area (Å²) >= 11 is 0. The largest absolute Gasteiger partial charge is 0.352 e. The second-order valence-electron chi connectivity index (χ2n) is 4.97. The molecule has 1 aliphatic heterocycles. The van der Waals surface area contributed by atoms with E-state index in [9.17, 15) is 14.9 Å². The Hall–Kier alpha value is -2.39. The molecule has 0 bridgehead atoms. The van der Waals surface area contributed by atoms with E-state index in [-0.39, 0.29) is 24.9 Å². The first-order valence-electron chi connectivity index (χ1n) is 6.95. The third kappa shape index (κ3) is 3.80. The maximum atomic E-state index is 11.4. The Morgan fingerprint density at radius 3 is 2.67 bits per heavy atom. The van der Waals surface area contributed by atoms with Crippen LogP contribution in [0.5, 0.6) is 0 Å². The standard InChI is InChI=1S/C15H18N4O2/c1-2-5-17-8-11-3-4-13(12(6-11)7-16)19-9-14(20)18-15(21)10-19/h3-4,6,17H,2,5,8-10H2,1H3,(H,18,20,21). The molecule has 0 saturated carbocycles. The topological polar surface area (TPSA) is 85.2 Å². The number of imide groups is 1. The molecule has 1 fully saturated rings. The Morgan fingerprint density at radius 1 is 1.33 bits per heavy atom. The van der Waals surface area contributed by atoms with E-state index in [0.29, 0.717) is 17.8 Å². The third-order valence-electron chi connectivity index (χ3n) is 3.23. The lowest BCUT2D eigenvalue weighted by atomic mass is 10.1. The van der Waals surface area contributed by atoms with E-state index in [1.807, 2.05) is 6.07 Å². The number of rotatable bonds is 5. The van der Waals surface area contributed by atoms with Crippen LogP contribution in [0, 0.1) is 11.3 Å². The van der Waals surface area contributed by atoms with Gasteiger partial charge < -0.3 is 10.2 Å². The zero-order valence-corrected chi connectivity index (χ0v) is 12.0. The normalized spacial score (nSPS) is 14.8.